The number of ketones is 1. The van der Waals surface area contributed by atoms with E-state index >= 15 is 0 Å². The van der Waals surface area contributed by atoms with E-state index < -0.39 is 17.7 Å². The molecule has 110 valence electrons. The van der Waals surface area contributed by atoms with Crippen LogP contribution in [0.2, 0.25) is 0 Å². The second-order valence-corrected chi connectivity index (χ2v) is 5.81. The van der Waals surface area contributed by atoms with Gasteiger partial charge in [0.25, 0.3) is 0 Å². The van der Waals surface area contributed by atoms with Gasteiger partial charge in [-0.1, -0.05) is 24.3 Å². The number of hydrogen-bond acceptors (Lipinski definition) is 3. The van der Waals surface area contributed by atoms with Gasteiger partial charge in [0, 0.05) is 50.6 Å². The molecule has 0 aromatic heterocycles. The van der Waals surface area contributed by atoms with Crippen molar-refractivity contribution in [2.24, 2.45) is 0 Å². The first kappa shape index (κ1) is 17.5. The number of carbonyl (C=O) groups excluding carboxylic acids is 2. The number of Topliss-reactive ketones (excluding diaryl/α,β-unsaturated/α-hetero) is 1. The summed E-state index contributed by atoms with van der Waals surface area (Å²) in [6, 6.07) is 7.33. The average Bonchev–Trinajstić information content (AvgIpc) is 2.27. The molecular weight excluding hydrogens is 282 g/mol. The molecule has 0 fully saturated rings. The predicted octanol–water partition coefficient (Wildman–Crippen LogP) is 2.25. The minimum Gasteiger partial charge on any atom is -0.444 e. The average molecular weight is 301 g/mol. The summed E-state index contributed by atoms with van der Waals surface area (Å²) in [5.74, 6) is 0.0320. The first-order valence-electron chi connectivity index (χ1n) is 6.44. The smallest absolute Gasteiger partial charge is 0.408 e. The zero-order valence-corrected chi connectivity index (χ0v) is 12.6. The van der Waals surface area contributed by atoms with E-state index in [-0.39, 0.29) is 43.5 Å². The van der Waals surface area contributed by atoms with E-state index in [0.717, 1.165) is 11.1 Å². The van der Waals surface area contributed by atoms with Crippen molar-refractivity contribution < 1.29 is 52.1 Å². The van der Waals surface area contributed by atoms with Crippen molar-refractivity contribution in [3.63, 3.8) is 0 Å². The molecule has 1 aromatic rings. The van der Waals surface area contributed by atoms with Gasteiger partial charge in [-0.3, -0.25) is 4.79 Å². The Bertz CT molecular complexity index is 508. The van der Waals surface area contributed by atoms with Gasteiger partial charge in [-0.15, -0.1) is 0 Å². The van der Waals surface area contributed by atoms with E-state index in [0.29, 0.717) is 12.8 Å². The molecular formula is C15H19ArNO3. The van der Waals surface area contributed by atoms with Crippen LogP contribution in [-0.2, 0) is 22.4 Å². The van der Waals surface area contributed by atoms with Gasteiger partial charge in [0.2, 0.25) is 0 Å². The van der Waals surface area contributed by atoms with Gasteiger partial charge in [-0.25, -0.2) is 4.79 Å². The van der Waals surface area contributed by atoms with Crippen LogP contribution in [0.5, 0.6) is 0 Å². The Morgan fingerprint density at radius 2 is 1.85 bits per heavy atom. The summed E-state index contributed by atoms with van der Waals surface area (Å²) in [6.07, 6.45) is 0.371. The third-order valence-electron chi connectivity index (χ3n) is 2.99. The van der Waals surface area contributed by atoms with Gasteiger partial charge < -0.3 is 10.1 Å². The molecule has 0 bridgehead atoms. The zero-order valence-electron chi connectivity index (χ0n) is 11.9. The van der Waals surface area contributed by atoms with E-state index in [9.17, 15) is 9.59 Å². The van der Waals surface area contributed by atoms with Gasteiger partial charge in [0.1, 0.15) is 5.60 Å². The number of ether oxygens (including phenoxy) is 1. The molecule has 5 heteroatoms. The normalized spacial score (nSPS) is 17.8. The minimum atomic E-state index is -0.556. The number of alkyl carbamates (subject to hydrolysis) is 1. The molecule has 2 rings (SSSR count). The van der Waals surface area contributed by atoms with Crippen molar-refractivity contribution in [3.05, 3.63) is 35.4 Å². The molecule has 0 saturated carbocycles. The van der Waals surface area contributed by atoms with Crippen LogP contribution in [0, 0.1) is 37.7 Å². The number of fused-ring (bicyclic) bond motifs is 1. The molecule has 0 aliphatic heterocycles. The Hall–Kier alpha value is -0.580. The zero-order chi connectivity index (χ0) is 14.0. The van der Waals surface area contributed by atoms with Crippen LogP contribution < -0.4 is 5.32 Å². The fourth-order valence-corrected chi connectivity index (χ4v) is 2.16. The molecule has 0 spiro atoms. The number of rotatable bonds is 1. The third-order valence-corrected chi connectivity index (χ3v) is 2.99. The summed E-state index contributed by atoms with van der Waals surface area (Å²) >= 11 is 0. The molecule has 0 heterocycles. The summed E-state index contributed by atoms with van der Waals surface area (Å²) in [6.45, 7) is 5.39. The SMILES string of the molecule is CC(C)(C)OC(=O)NC1Cc2ccccc2CC1=O.[Ar]. The van der Waals surface area contributed by atoms with Crippen LogP contribution in [0.25, 0.3) is 0 Å². The molecule has 0 radical (unpaired) electrons. The summed E-state index contributed by atoms with van der Waals surface area (Å²) in [7, 11) is 0. The largest absolute Gasteiger partial charge is 0.444 e. The van der Waals surface area contributed by atoms with E-state index in [4.69, 9.17) is 4.74 Å². The molecule has 1 amide bonds. The maximum Gasteiger partial charge on any atom is 0.408 e. The molecule has 0 saturated heterocycles. The molecule has 1 unspecified atom stereocenters. The van der Waals surface area contributed by atoms with Crippen molar-refractivity contribution in [3.8, 4) is 0 Å². The molecule has 20 heavy (non-hydrogen) atoms. The van der Waals surface area contributed by atoms with Gasteiger partial charge in [-0.05, 0) is 31.9 Å². The van der Waals surface area contributed by atoms with Gasteiger partial charge >= 0.3 is 6.09 Å². The first-order chi connectivity index (χ1) is 8.85. The van der Waals surface area contributed by atoms with Crippen molar-refractivity contribution in [2.75, 3.05) is 0 Å². The maximum absolute atomic E-state index is 12.0. The quantitative estimate of drug-likeness (QED) is 0.865. The van der Waals surface area contributed by atoms with Crippen LogP contribution in [0.3, 0.4) is 0 Å². The Morgan fingerprint density at radius 3 is 2.45 bits per heavy atom. The maximum atomic E-state index is 12.0. The minimum absolute atomic E-state index is 0. The molecule has 1 aromatic carbocycles. The van der Waals surface area contributed by atoms with Gasteiger partial charge in [-0.2, -0.15) is 0 Å². The predicted molar refractivity (Wildman–Crippen MR) is 72.0 cm³/mol. The van der Waals surface area contributed by atoms with Crippen molar-refractivity contribution in [2.45, 2.75) is 45.3 Å². The number of carbonyl (C=O) groups is 2. The topological polar surface area (TPSA) is 55.4 Å². The Balaban J connectivity index is 0.00000200. The van der Waals surface area contributed by atoms with E-state index in [1.807, 2.05) is 24.3 Å². The number of hydrogen-bond donors (Lipinski definition) is 1. The van der Waals surface area contributed by atoms with E-state index in [1.54, 1.807) is 20.8 Å². The Labute approximate surface area is 149 Å². The Morgan fingerprint density at radius 1 is 1.25 bits per heavy atom. The standard InChI is InChI=1S/C15H19NO3.Ar/c1-15(2,3)19-14(18)16-12-8-10-6-4-5-7-11(10)9-13(12)17;/h4-7,12H,8-9H2,1-3H3,(H,16,18);. The van der Waals surface area contributed by atoms with Crippen LogP contribution >= 0.6 is 0 Å². The van der Waals surface area contributed by atoms with Crippen LogP contribution in [0.4, 0.5) is 4.79 Å². The second-order valence-electron chi connectivity index (χ2n) is 5.81. The monoisotopic (exact) mass is 301 g/mol. The molecule has 4 nitrogen and oxygen atoms in total. The number of nitrogens with one attached hydrogen (secondary N) is 1. The fraction of sp³-hybridized carbons (Fsp3) is 0.467. The van der Waals surface area contributed by atoms with Crippen molar-refractivity contribution >= 4 is 11.9 Å². The first-order valence-corrected chi connectivity index (χ1v) is 6.44. The summed E-state index contributed by atoms with van der Waals surface area (Å²) in [5.41, 5.74) is 1.61. The summed E-state index contributed by atoms with van der Waals surface area (Å²) in [4.78, 5) is 23.7. The van der Waals surface area contributed by atoms with E-state index in [2.05, 4.69) is 5.32 Å². The number of benzene rings is 1. The number of amides is 1. The fourth-order valence-electron chi connectivity index (χ4n) is 2.16. The van der Waals surface area contributed by atoms with Crippen LogP contribution in [0.1, 0.15) is 31.9 Å². The summed E-state index contributed by atoms with van der Waals surface area (Å²) < 4.78 is 5.17. The summed E-state index contributed by atoms with van der Waals surface area (Å²) in [5, 5.41) is 2.66. The molecule has 1 N–H and O–H groups in total. The van der Waals surface area contributed by atoms with Crippen molar-refractivity contribution in [1.29, 1.82) is 0 Å². The molecule has 1 aliphatic rings. The van der Waals surface area contributed by atoms with Gasteiger partial charge in [0.15, 0.2) is 5.78 Å². The van der Waals surface area contributed by atoms with Crippen LogP contribution in [-0.4, -0.2) is 23.5 Å². The van der Waals surface area contributed by atoms with Crippen molar-refractivity contribution in [1.82, 2.24) is 5.32 Å². The second kappa shape index (κ2) is 6.92. The molecule has 1 aliphatic carbocycles. The third kappa shape index (κ3) is 4.76. The van der Waals surface area contributed by atoms with Crippen LogP contribution in [0.15, 0.2) is 24.3 Å². The van der Waals surface area contributed by atoms with E-state index in [1.165, 1.54) is 0 Å². The Kier molecular flexibility index (Phi) is 6.05. The molecule has 1 atom stereocenters. The van der Waals surface area contributed by atoms with Gasteiger partial charge in [0.05, 0.1) is 6.04 Å².